The molecule has 0 unspecified atom stereocenters. The molecule has 0 fully saturated rings. The molecule has 36 heavy (non-hydrogen) atoms. The van der Waals surface area contributed by atoms with Gasteiger partial charge >= 0.3 is 0 Å². The molecule has 0 aromatic heterocycles. The Morgan fingerprint density at radius 1 is 0.389 bits per heavy atom. The Morgan fingerprint density at radius 2 is 0.667 bits per heavy atom. The second kappa shape index (κ2) is 9.26. The fourth-order valence-electron chi connectivity index (χ4n) is 4.49. The third-order valence-electron chi connectivity index (χ3n) is 6.34. The molecule has 2 aliphatic rings. The van der Waals surface area contributed by atoms with Crippen LogP contribution in [0.2, 0.25) is 0 Å². The van der Waals surface area contributed by atoms with E-state index < -0.39 is 0 Å². The predicted molar refractivity (Wildman–Crippen MR) is 131 cm³/mol. The Hall–Kier alpha value is -4.52. The highest BCUT2D eigenvalue weighted by atomic mass is 16.3. The second-order valence-corrected chi connectivity index (χ2v) is 8.48. The summed E-state index contributed by atoms with van der Waals surface area (Å²) in [5, 5.41) is 18.2. The van der Waals surface area contributed by atoms with Gasteiger partial charge in [0, 0.05) is 44.5 Å². The van der Waals surface area contributed by atoms with Crippen LogP contribution in [-0.4, -0.2) is 33.3 Å². The molecule has 176 valence electrons. The summed E-state index contributed by atoms with van der Waals surface area (Å²) < 4.78 is 0. The number of carbonyl (C=O) groups excluding carboxylic acids is 4. The Labute approximate surface area is 206 Å². The van der Waals surface area contributed by atoms with Crippen molar-refractivity contribution in [1.82, 2.24) is 0 Å². The van der Waals surface area contributed by atoms with Crippen LogP contribution in [-0.2, 0) is 13.2 Å². The van der Waals surface area contributed by atoms with Crippen LogP contribution in [0.15, 0.2) is 84.9 Å². The van der Waals surface area contributed by atoms with Crippen LogP contribution in [0, 0.1) is 0 Å². The first-order chi connectivity index (χ1) is 17.4. The van der Waals surface area contributed by atoms with E-state index in [0.717, 1.165) is 0 Å². The van der Waals surface area contributed by atoms with Crippen molar-refractivity contribution >= 4 is 23.1 Å². The van der Waals surface area contributed by atoms with Gasteiger partial charge in [-0.05, 0) is 35.4 Å². The molecule has 0 heterocycles. The lowest BCUT2D eigenvalue weighted by atomic mass is 9.83. The van der Waals surface area contributed by atoms with Gasteiger partial charge in [-0.15, -0.1) is 0 Å². The van der Waals surface area contributed by atoms with E-state index in [1.54, 1.807) is 84.9 Å². The average Bonchev–Trinajstić information content (AvgIpc) is 2.94. The minimum atomic E-state index is -0.157. The Morgan fingerprint density at radius 3 is 0.972 bits per heavy atom. The first-order valence-electron chi connectivity index (χ1n) is 11.3. The van der Waals surface area contributed by atoms with Crippen LogP contribution in [0.4, 0.5) is 0 Å². The number of benzene rings is 4. The minimum Gasteiger partial charge on any atom is -0.392 e. The van der Waals surface area contributed by atoms with Crippen LogP contribution in [0.1, 0.15) is 74.8 Å². The van der Waals surface area contributed by atoms with Crippen molar-refractivity contribution < 1.29 is 29.4 Å². The van der Waals surface area contributed by atoms with Crippen LogP contribution in [0.3, 0.4) is 0 Å². The molecule has 4 aromatic rings. The highest BCUT2D eigenvalue weighted by Crippen LogP contribution is 2.29. The zero-order valence-electron chi connectivity index (χ0n) is 19.0. The summed E-state index contributed by atoms with van der Waals surface area (Å²) in [6.07, 6.45) is 0. The molecule has 4 aromatic carbocycles. The second-order valence-electron chi connectivity index (χ2n) is 8.48. The first kappa shape index (κ1) is 23.2. The van der Waals surface area contributed by atoms with Gasteiger partial charge in [0.25, 0.3) is 0 Å². The molecular weight excluding hydrogens is 456 g/mol. The SMILES string of the molecule is O=C1c2ccccc2C(=O)c2cc(CO)ccc21.O=C1c2ccccc2C(=O)c2cc(CO)ccc21. The zero-order valence-corrected chi connectivity index (χ0v) is 19.0. The standard InChI is InChI=1S/2C15H10O3/c2*16-8-9-5-6-12-13(7-9)15(18)11-4-2-1-3-10(11)14(12)17/h2*1-7,16H,8H2. The number of aliphatic hydroxyl groups excluding tert-OH is 2. The number of aliphatic hydroxyl groups is 2. The van der Waals surface area contributed by atoms with Gasteiger partial charge in [0.05, 0.1) is 13.2 Å². The maximum atomic E-state index is 12.3. The van der Waals surface area contributed by atoms with Gasteiger partial charge in [0.15, 0.2) is 23.1 Å². The van der Waals surface area contributed by atoms with Crippen LogP contribution >= 0.6 is 0 Å². The molecule has 6 nitrogen and oxygen atoms in total. The molecule has 0 bridgehead atoms. The average molecular weight is 476 g/mol. The number of rotatable bonds is 2. The van der Waals surface area contributed by atoms with E-state index in [9.17, 15) is 19.2 Å². The fourth-order valence-corrected chi connectivity index (χ4v) is 4.49. The lowest BCUT2D eigenvalue weighted by molar-refractivity contribution is 0.0979. The number of hydrogen-bond donors (Lipinski definition) is 2. The van der Waals surface area contributed by atoms with Gasteiger partial charge in [0.2, 0.25) is 0 Å². The molecule has 0 saturated carbocycles. The van der Waals surface area contributed by atoms with Crippen molar-refractivity contribution in [3.05, 3.63) is 141 Å². The number of fused-ring (bicyclic) bond motifs is 4. The Balaban J connectivity index is 0.000000148. The van der Waals surface area contributed by atoms with E-state index >= 15 is 0 Å². The number of carbonyl (C=O) groups is 4. The van der Waals surface area contributed by atoms with E-state index in [-0.39, 0.29) is 36.3 Å². The lowest BCUT2D eigenvalue weighted by Gasteiger charge is -2.17. The fraction of sp³-hybridized carbons (Fsp3) is 0.0667. The van der Waals surface area contributed by atoms with Gasteiger partial charge < -0.3 is 10.2 Å². The van der Waals surface area contributed by atoms with E-state index in [0.29, 0.717) is 55.6 Å². The molecule has 2 aliphatic carbocycles. The molecule has 6 heteroatoms. The van der Waals surface area contributed by atoms with Gasteiger partial charge in [-0.3, -0.25) is 19.2 Å². The minimum absolute atomic E-state index is 0.135. The third-order valence-corrected chi connectivity index (χ3v) is 6.34. The molecule has 2 N–H and O–H groups in total. The van der Waals surface area contributed by atoms with Gasteiger partial charge in [-0.1, -0.05) is 60.7 Å². The zero-order chi connectivity index (χ0) is 25.4. The maximum absolute atomic E-state index is 12.3. The molecule has 0 saturated heterocycles. The van der Waals surface area contributed by atoms with E-state index in [1.165, 1.54) is 0 Å². The number of hydrogen-bond acceptors (Lipinski definition) is 6. The monoisotopic (exact) mass is 476 g/mol. The van der Waals surface area contributed by atoms with Crippen molar-refractivity contribution in [2.75, 3.05) is 0 Å². The number of ketones is 4. The van der Waals surface area contributed by atoms with Crippen LogP contribution in [0.25, 0.3) is 0 Å². The summed E-state index contributed by atoms with van der Waals surface area (Å²) in [7, 11) is 0. The Kier molecular flexibility index (Phi) is 5.98. The van der Waals surface area contributed by atoms with Crippen molar-refractivity contribution in [2.45, 2.75) is 13.2 Å². The van der Waals surface area contributed by atoms with Crippen molar-refractivity contribution in [1.29, 1.82) is 0 Å². The topological polar surface area (TPSA) is 109 Å². The molecule has 6 rings (SSSR count). The normalized spacial score (nSPS) is 13.2. The molecule has 0 aliphatic heterocycles. The summed E-state index contributed by atoms with van der Waals surface area (Å²) >= 11 is 0. The first-order valence-corrected chi connectivity index (χ1v) is 11.3. The predicted octanol–water partition coefficient (Wildman–Crippen LogP) is 3.91. The lowest BCUT2D eigenvalue weighted by Crippen LogP contribution is -2.20. The van der Waals surface area contributed by atoms with Crippen LogP contribution in [0.5, 0.6) is 0 Å². The van der Waals surface area contributed by atoms with Crippen molar-refractivity contribution in [3.63, 3.8) is 0 Å². The highest BCUT2D eigenvalue weighted by molar-refractivity contribution is 6.29. The van der Waals surface area contributed by atoms with Gasteiger partial charge in [-0.2, -0.15) is 0 Å². The van der Waals surface area contributed by atoms with Gasteiger partial charge in [0.1, 0.15) is 0 Å². The summed E-state index contributed by atoms with van der Waals surface area (Å²) in [6.45, 7) is -0.285. The maximum Gasteiger partial charge on any atom is 0.194 e. The summed E-state index contributed by atoms with van der Waals surface area (Å²) in [6, 6.07) is 23.3. The third kappa shape index (κ3) is 3.79. The molecule has 0 atom stereocenters. The highest BCUT2D eigenvalue weighted by Gasteiger charge is 2.30. The summed E-state index contributed by atoms with van der Waals surface area (Å²) in [4.78, 5) is 49.1. The Bertz CT molecular complexity index is 1460. The van der Waals surface area contributed by atoms with Crippen molar-refractivity contribution in [2.24, 2.45) is 0 Å². The smallest absolute Gasteiger partial charge is 0.194 e. The summed E-state index contributed by atoms with van der Waals surface area (Å²) in [5.41, 5.74) is 4.62. The van der Waals surface area contributed by atoms with E-state index in [4.69, 9.17) is 10.2 Å². The van der Waals surface area contributed by atoms with E-state index in [2.05, 4.69) is 0 Å². The molecule has 0 amide bonds. The molecular formula is C30H20O6. The van der Waals surface area contributed by atoms with Crippen LogP contribution < -0.4 is 0 Å². The molecule has 0 spiro atoms. The quantitative estimate of drug-likeness (QED) is 0.392. The van der Waals surface area contributed by atoms with E-state index in [1.807, 2.05) is 0 Å². The van der Waals surface area contributed by atoms with Gasteiger partial charge in [-0.25, -0.2) is 0 Å². The molecule has 0 radical (unpaired) electrons. The van der Waals surface area contributed by atoms with Crippen molar-refractivity contribution in [3.8, 4) is 0 Å². The summed E-state index contributed by atoms with van der Waals surface area (Å²) in [5.74, 6) is -0.583. The largest absolute Gasteiger partial charge is 0.392 e.